The second kappa shape index (κ2) is 7.78. The zero-order valence-corrected chi connectivity index (χ0v) is 15.6. The Labute approximate surface area is 164 Å². The highest BCUT2D eigenvalue weighted by molar-refractivity contribution is 5.82. The molecule has 0 radical (unpaired) electrons. The summed E-state index contributed by atoms with van der Waals surface area (Å²) in [4.78, 5) is 10.4. The van der Waals surface area contributed by atoms with E-state index in [4.69, 9.17) is 0 Å². The SMILES string of the molecule is Cc1cc(/C=N\Nc2ccc(C(F)(F)F)cc2)c(C)n1-c1ccc([N+](=O)[O-])cc1. The molecule has 2 aromatic carbocycles. The smallest absolute Gasteiger partial charge is 0.318 e. The number of rotatable bonds is 5. The van der Waals surface area contributed by atoms with Gasteiger partial charge in [-0.3, -0.25) is 15.5 Å². The number of benzene rings is 2. The van der Waals surface area contributed by atoms with Gasteiger partial charge in [0.2, 0.25) is 0 Å². The molecule has 0 amide bonds. The number of nitrogens with zero attached hydrogens (tertiary/aromatic N) is 3. The van der Waals surface area contributed by atoms with Crippen molar-refractivity contribution in [1.29, 1.82) is 0 Å². The Morgan fingerprint density at radius 1 is 1.07 bits per heavy atom. The molecule has 0 aliphatic rings. The molecule has 3 rings (SSSR count). The number of nitrogens with one attached hydrogen (secondary N) is 1. The van der Waals surface area contributed by atoms with Gasteiger partial charge in [0.15, 0.2) is 0 Å². The van der Waals surface area contributed by atoms with E-state index in [-0.39, 0.29) is 5.69 Å². The van der Waals surface area contributed by atoms with Crippen molar-refractivity contribution in [3.63, 3.8) is 0 Å². The second-order valence-electron chi connectivity index (χ2n) is 6.38. The number of alkyl halides is 3. The molecule has 0 unspecified atom stereocenters. The number of anilines is 1. The first-order valence-electron chi connectivity index (χ1n) is 8.57. The average Bonchev–Trinajstić information content (AvgIpc) is 2.95. The Hall–Kier alpha value is -3.62. The average molecular weight is 402 g/mol. The monoisotopic (exact) mass is 402 g/mol. The molecule has 3 aromatic rings. The van der Waals surface area contributed by atoms with Crippen LogP contribution >= 0.6 is 0 Å². The summed E-state index contributed by atoms with van der Waals surface area (Å²) >= 11 is 0. The topological polar surface area (TPSA) is 72.5 Å². The Kier molecular flexibility index (Phi) is 5.40. The molecule has 9 heteroatoms. The maximum Gasteiger partial charge on any atom is 0.416 e. The minimum atomic E-state index is -4.38. The fourth-order valence-electron chi connectivity index (χ4n) is 2.95. The molecule has 0 aliphatic carbocycles. The van der Waals surface area contributed by atoms with Gasteiger partial charge in [-0.1, -0.05) is 0 Å². The fraction of sp³-hybridized carbons (Fsp3) is 0.150. The van der Waals surface area contributed by atoms with E-state index in [1.54, 1.807) is 18.3 Å². The van der Waals surface area contributed by atoms with Gasteiger partial charge in [0.05, 0.1) is 22.4 Å². The lowest BCUT2D eigenvalue weighted by atomic mass is 10.2. The summed E-state index contributed by atoms with van der Waals surface area (Å²) in [6, 6.07) is 12.7. The molecule has 0 saturated heterocycles. The van der Waals surface area contributed by atoms with Crippen molar-refractivity contribution in [3.05, 3.63) is 87.2 Å². The van der Waals surface area contributed by atoms with Crippen LogP contribution in [-0.4, -0.2) is 15.7 Å². The van der Waals surface area contributed by atoms with Gasteiger partial charge in [0.25, 0.3) is 5.69 Å². The van der Waals surface area contributed by atoms with Crippen LogP contribution < -0.4 is 5.43 Å². The number of hydrazone groups is 1. The van der Waals surface area contributed by atoms with Gasteiger partial charge in [0.1, 0.15) is 0 Å². The van der Waals surface area contributed by atoms with Crippen LogP contribution in [0.3, 0.4) is 0 Å². The van der Waals surface area contributed by atoms with E-state index in [1.165, 1.54) is 24.3 Å². The van der Waals surface area contributed by atoms with Crippen molar-refractivity contribution in [1.82, 2.24) is 4.57 Å². The Morgan fingerprint density at radius 3 is 2.24 bits per heavy atom. The van der Waals surface area contributed by atoms with E-state index >= 15 is 0 Å². The van der Waals surface area contributed by atoms with Crippen LogP contribution in [0.15, 0.2) is 59.7 Å². The van der Waals surface area contributed by atoms with Crippen LogP contribution in [-0.2, 0) is 6.18 Å². The number of nitro benzene ring substituents is 1. The third-order valence-corrected chi connectivity index (χ3v) is 4.40. The number of halogens is 3. The van der Waals surface area contributed by atoms with Crippen LogP contribution in [0.5, 0.6) is 0 Å². The number of hydrogen-bond acceptors (Lipinski definition) is 4. The standard InChI is InChI=1S/C20H17F3N4O2/c1-13-11-15(12-24-25-17-5-3-16(4-6-17)20(21,22)23)14(2)26(13)18-7-9-19(10-8-18)27(28)29/h3-12,25H,1-2H3/b24-12-. The lowest BCUT2D eigenvalue weighted by molar-refractivity contribution is -0.384. The molecule has 1 N–H and O–H groups in total. The molecule has 0 bridgehead atoms. The van der Waals surface area contributed by atoms with E-state index in [1.807, 2.05) is 24.5 Å². The van der Waals surface area contributed by atoms with Gasteiger partial charge >= 0.3 is 6.18 Å². The molecule has 0 aliphatic heterocycles. The van der Waals surface area contributed by atoms with Gasteiger partial charge in [-0.2, -0.15) is 18.3 Å². The van der Waals surface area contributed by atoms with Crippen LogP contribution in [0.4, 0.5) is 24.5 Å². The first-order chi connectivity index (χ1) is 13.7. The van der Waals surface area contributed by atoms with Crippen LogP contribution in [0.2, 0.25) is 0 Å². The molecule has 29 heavy (non-hydrogen) atoms. The number of aromatic nitrogens is 1. The normalized spacial score (nSPS) is 11.8. The molecule has 0 fully saturated rings. The van der Waals surface area contributed by atoms with E-state index in [9.17, 15) is 23.3 Å². The quantitative estimate of drug-likeness (QED) is 0.350. The lowest BCUT2D eigenvalue weighted by Crippen LogP contribution is -2.04. The van der Waals surface area contributed by atoms with E-state index in [2.05, 4.69) is 10.5 Å². The Balaban J connectivity index is 1.77. The third kappa shape index (κ3) is 4.45. The second-order valence-corrected chi connectivity index (χ2v) is 6.38. The van der Waals surface area contributed by atoms with Gasteiger partial charge < -0.3 is 4.57 Å². The molecular weight excluding hydrogens is 385 g/mol. The van der Waals surface area contributed by atoms with Gasteiger partial charge in [-0.05, 0) is 56.3 Å². The maximum absolute atomic E-state index is 12.6. The summed E-state index contributed by atoms with van der Waals surface area (Å²) in [6.07, 6.45) is -2.81. The summed E-state index contributed by atoms with van der Waals surface area (Å²) in [5.74, 6) is 0. The summed E-state index contributed by atoms with van der Waals surface area (Å²) in [7, 11) is 0. The highest BCUT2D eigenvalue weighted by Gasteiger charge is 2.29. The van der Waals surface area contributed by atoms with Gasteiger partial charge in [-0.25, -0.2) is 0 Å². The van der Waals surface area contributed by atoms with Gasteiger partial charge in [0, 0.05) is 34.8 Å². The first-order valence-corrected chi connectivity index (χ1v) is 8.57. The summed E-state index contributed by atoms with van der Waals surface area (Å²) < 4.78 is 39.7. The van der Waals surface area contributed by atoms with Crippen LogP contribution in [0.1, 0.15) is 22.5 Å². The zero-order valence-electron chi connectivity index (χ0n) is 15.6. The molecule has 150 valence electrons. The predicted molar refractivity (Wildman–Crippen MR) is 105 cm³/mol. The number of non-ortho nitro benzene ring substituents is 1. The molecular formula is C20H17F3N4O2. The van der Waals surface area contributed by atoms with E-state index < -0.39 is 16.7 Å². The molecule has 1 heterocycles. The molecule has 0 atom stereocenters. The van der Waals surface area contributed by atoms with Crippen molar-refractivity contribution in [2.45, 2.75) is 20.0 Å². The fourth-order valence-corrected chi connectivity index (χ4v) is 2.95. The van der Waals surface area contributed by atoms with Gasteiger partial charge in [-0.15, -0.1) is 0 Å². The summed E-state index contributed by atoms with van der Waals surface area (Å²) in [6.45, 7) is 3.78. The highest BCUT2D eigenvalue weighted by Crippen LogP contribution is 2.29. The van der Waals surface area contributed by atoms with Crippen molar-refractivity contribution < 1.29 is 18.1 Å². The zero-order chi connectivity index (χ0) is 21.2. The van der Waals surface area contributed by atoms with E-state index in [0.29, 0.717) is 5.69 Å². The highest BCUT2D eigenvalue weighted by atomic mass is 19.4. The summed E-state index contributed by atoms with van der Waals surface area (Å²) in [5.41, 5.74) is 5.79. The minimum Gasteiger partial charge on any atom is -0.318 e. The van der Waals surface area contributed by atoms with Crippen LogP contribution in [0, 0.1) is 24.0 Å². The lowest BCUT2D eigenvalue weighted by Gasteiger charge is -2.09. The van der Waals surface area contributed by atoms with E-state index in [0.717, 1.165) is 34.8 Å². The molecule has 6 nitrogen and oxygen atoms in total. The predicted octanol–water partition coefficient (Wildman–Crippen LogP) is 5.47. The number of aryl methyl sites for hydroxylation is 1. The van der Waals surface area contributed by atoms with Crippen molar-refractivity contribution in [2.75, 3.05) is 5.43 Å². The maximum atomic E-state index is 12.6. The molecule has 0 spiro atoms. The number of nitro groups is 1. The Bertz CT molecular complexity index is 1050. The molecule has 0 saturated carbocycles. The largest absolute Gasteiger partial charge is 0.416 e. The Morgan fingerprint density at radius 2 is 1.69 bits per heavy atom. The number of hydrogen-bond donors (Lipinski definition) is 1. The molecule has 1 aromatic heterocycles. The van der Waals surface area contributed by atoms with Crippen LogP contribution in [0.25, 0.3) is 5.69 Å². The van der Waals surface area contributed by atoms with Crippen molar-refractivity contribution >= 4 is 17.6 Å². The van der Waals surface area contributed by atoms with Crippen molar-refractivity contribution in [2.24, 2.45) is 5.10 Å². The first kappa shape index (κ1) is 20.1. The minimum absolute atomic E-state index is 0.0127. The van der Waals surface area contributed by atoms with Crippen molar-refractivity contribution in [3.8, 4) is 5.69 Å². The third-order valence-electron chi connectivity index (χ3n) is 4.40. The summed E-state index contributed by atoms with van der Waals surface area (Å²) in [5, 5.41) is 14.9.